The van der Waals surface area contributed by atoms with E-state index in [0.29, 0.717) is 16.0 Å². The molecule has 1 aliphatic carbocycles. The third kappa shape index (κ3) is 3.53. The average Bonchev–Trinajstić information content (AvgIpc) is 3.17. The number of benzene rings is 1. The van der Waals surface area contributed by atoms with Crippen LogP contribution in [0.1, 0.15) is 48.5 Å². The molecule has 4 heteroatoms. The number of hydrogen-bond donors (Lipinski definition) is 2. The summed E-state index contributed by atoms with van der Waals surface area (Å²) in [5.74, 6) is -0.0412. The number of carbonyl (C=O) groups excluding carboxylic acids is 1. The monoisotopic (exact) mass is 276 g/mol. The first-order chi connectivity index (χ1) is 9.06. The molecule has 0 saturated heterocycles. The van der Waals surface area contributed by atoms with Gasteiger partial charge in [-0.3, -0.25) is 4.79 Å². The first-order valence-corrected chi connectivity index (χ1v) is 7.15. The summed E-state index contributed by atoms with van der Waals surface area (Å²) in [6.07, 6.45) is 4.83. The van der Waals surface area contributed by atoms with Crippen molar-refractivity contribution >= 4 is 23.1 Å². The molecule has 102 valence electrons. The molecule has 0 unspecified atom stereocenters. The van der Waals surface area contributed by atoms with Gasteiger partial charge >= 0.3 is 0 Å². The fourth-order valence-electron chi connectivity index (χ4n) is 2.41. The lowest BCUT2D eigenvalue weighted by Gasteiger charge is -2.15. The van der Waals surface area contributed by atoms with Crippen molar-refractivity contribution in [2.24, 2.45) is 11.1 Å². The Bertz CT molecular complexity index is 495. The van der Waals surface area contributed by atoms with Crippen LogP contribution in [-0.2, 0) is 0 Å². The van der Waals surface area contributed by atoms with Gasteiger partial charge in [-0.2, -0.15) is 0 Å². The molecule has 0 radical (unpaired) electrons. The normalized spacial score (nSPS) is 15.8. The second-order valence-corrected chi connectivity index (χ2v) is 5.82. The van der Waals surface area contributed by atoms with Gasteiger partial charge < -0.3 is 11.1 Å². The maximum absolute atomic E-state index is 12.1. The van der Waals surface area contributed by atoms with E-state index in [4.69, 9.17) is 18.0 Å². The zero-order chi connectivity index (χ0) is 13.9. The zero-order valence-corrected chi connectivity index (χ0v) is 12.1. The highest BCUT2D eigenvalue weighted by atomic mass is 32.1. The van der Waals surface area contributed by atoms with Gasteiger partial charge in [-0.05, 0) is 36.8 Å². The van der Waals surface area contributed by atoms with Crippen molar-refractivity contribution in [3.05, 3.63) is 35.4 Å². The van der Waals surface area contributed by atoms with E-state index < -0.39 is 0 Å². The Hall–Kier alpha value is -1.42. The molecule has 3 nitrogen and oxygen atoms in total. The van der Waals surface area contributed by atoms with Gasteiger partial charge in [0.1, 0.15) is 4.99 Å². The van der Waals surface area contributed by atoms with Gasteiger partial charge in [-0.15, -0.1) is 0 Å². The second kappa shape index (κ2) is 5.70. The average molecular weight is 276 g/mol. The highest BCUT2D eigenvalue weighted by Crippen LogP contribution is 2.48. The first kappa shape index (κ1) is 14.0. The summed E-state index contributed by atoms with van der Waals surface area (Å²) in [6, 6.07) is 7.16. The van der Waals surface area contributed by atoms with E-state index in [1.165, 1.54) is 25.7 Å². The molecule has 0 heterocycles. The van der Waals surface area contributed by atoms with Crippen LogP contribution < -0.4 is 11.1 Å². The molecule has 0 bridgehead atoms. The molecule has 3 N–H and O–H groups in total. The molecule has 0 spiro atoms. The molecule has 1 aromatic rings. The highest BCUT2D eigenvalue weighted by Gasteiger charge is 2.41. The quantitative estimate of drug-likeness (QED) is 0.785. The van der Waals surface area contributed by atoms with Crippen molar-refractivity contribution in [2.75, 3.05) is 6.54 Å². The standard InChI is InChI=1S/C15H20N2OS/c1-2-6-15(7-8-15)10-17-14(18)12-5-3-4-11(9-12)13(16)19/h3-5,9H,2,6-8,10H2,1H3,(H2,16,19)(H,17,18). The Kier molecular flexibility index (Phi) is 4.20. The zero-order valence-electron chi connectivity index (χ0n) is 11.2. The van der Waals surface area contributed by atoms with Crippen LogP contribution in [0.4, 0.5) is 0 Å². The molecule has 0 aliphatic heterocycles. The lowest BCUT2D eigenvalue weighted by atomic mass is 10.0. The third-order valence-corrected chi connectivity index (χ3v) is 4.01. The number of nitrogens with two attached hydrogens (primary N) is 1. The van der Waals surface area contributed by atoms with Gasteiger partial charge in [0.2, 0.25) is 0 Å². The van der Waals surface area contributed by atoms with Crippen molar-refractivity contribution in [3.8, 4) is 0 Å². The summed E-state index contributed by atoms with van der Waals surface area (Å²) in [6.45, 7) is 2.96. The summed E-state index contributed by atoms with van der Waals surface area (Å²) in [4.78, 5) is 12.4. The summed E-state index contributed by atoms with van der Waals surface area (Å²) in [7, 11) is 0. The molecule has 1 amide bonds. The molecular weight excluding hydrogens is 256 g/mol. The highest BCUT2D eigenvalue weighted by molar-refractivity contribution is 7.80. The van der Waals surface area contributed by atoms with E-state index in [0.717, 1.165) is 12.1 Å². The summed E-state index contributed by atoms with van der Waals surface area (Å²) in [5, 5.41) is 3.03. The molecule has 1 fully saturated rings. The van der Waals surface area contributed by atoms with Gasteiger partial charge in [-0.1, -0.05) is 37.7 Å². The van der Waals surface area contributed by atoms with E-state index in [1.54, 1.807) is 12.1 Å². The fraction of sp³-hybridized carbons (Fsp3) is 0.467. The smallest absolute Gasteiger partial charge is 0.251 e. The SMILES string of the molecule is CCCC1(CNC(=O)c2cccc(C(N)=S)c2)CC1. The van der Waals surface area contributed by atoms with Crippen molar-refractivity contribution in [2.45, 2.75) is 32.6 Å². The minimum absolute atomic E-state index is 0.0412. The number of amides is 1. The second-order valence-electron chi connectivity index (χ2n) is 5.38. The molecule has 19 heavy (non-hydrogen) atoms. The summed E-state index contributed by atoms with van der Waals surface area (Å²) < 4.78 is 0. The van der Waals surface area contributed by atoms with Gasteiger partial charge in [0.05, 0.1) is 0 Å². The maximum atomic E-state index is 12.1. The molecule has 0 atom stereocenters. The van der Waals surface area contributed by atoms with Crippen LogP contribution in [0.5, 0.6) is 0 Å². The Morgan fingerprint density at radius 1 is 1.42 bits per heavy atom. The lowest BCUT2D eigenvalue weighted by Crippen LogP contribution is -2.30. The lowest BCUT2D eigenvalue weighted by molar-refractivity contribution is 0.0943. The molecular formula is C15H20N2OS. The molecule has 0 aromatic heterocycles. The Balaban J connectivity index is 1.96. The maximum Gasteiger partial charge on any atom is 0.251 e. The Morgan fingerprint density at radius 3 is 2.68 bits per heavy atom. The Morgan fingerprint density at radius 2 is 2.11 bits per heavy atom. The van der Waals surface area contributed by atoms with E-state index in [2.05, 4.69) is 12.2 Å². The Labute approximate surface area is 119 Å². The van der Waals surface area contributed by atoms with E-state index in [-0.39, 0.29) is 5.91 Å². The largest absolute Gasteiger partial charge is 0.389 e. The van der Waals surface area contributed by atoms with Crippen LogP contribution in [0, 0.1) is 5.41 Å². The summed E-state index contributed by atoms with van der Waals surface area (Å²) in [5.41, 5.74) is 7.30. The van der Waals surface area contributed by atoms with Gasteiger partial charge in [-0.25, -0.2) is 0 Å². The molecule has 1 aliphatic rings. The van der Waals surface area contributed by atoms with Crippen LogP contribution in [0.25, 0.3) is 0 Å². The third-order valence-electron chi connectivity index (χ3n) is 3.77. The van der Waals surface area contributed by atoms with Crippen LogP contribution in [0.2, 0.25) is 0 Å². The van der Waals surface area contributed by atoms with Gasteiger partial charge in [0.25, 0.3) is 5.91 Å². The number of carbonyl (C=O) groups is 1. The minimum atomic E-state index is -0.0412. The van der Waals surface area contributed by atoms with Crippen LogP contribution in [0.15, 0.2) is 24.3 Å². The predicted molar refractivity (Wildman–Crippen MR) is 81.2 cm³/mol. The number of hydrogen-bond acceptors (Lipinski definition) is 2. The number of thiocarbonyl (C=S) groups is 1. The summed E-state index contributed by atoms with van der Waals surface area (Å²) >= 11 is 4.92. The molecule has 2 rings (SSSR count). The number of rotatable bonds is 6. The minimum Gasteiger partial charge on any atom is -0.389 e. The van der Waals surface area contributed by atoms with Crippen LogP contribution >= 0.6 is 12.2 Å². The van der Waals surface area contributed by atoms with Gasteiger partial charge in [0.15, 0.2) is 0 Å². The van der Waals surface area contributed by atoms with Crippen LogP contribution in [-0.4, -0.2) is 17.4 Å². The van der Waals surface area contributed by atoms with E-state index in [9.17, 15) is 4.79 Å². The van der Waals surface area contributed by atoms with Crippen molar-refractivity contribution in [1.29, 1.82) is 0 Å². The van der Waals surface area contributed by atoms with Crippen molar-refractivity contribution in [1.82, 2.24) is 5.32 Å². The van der Waals surface area contributed by atoms with Gasteiger partial charge in [0, 0.05) is 17.7 Å². The van der Waals surface area contributed by atoms with E-state index in [1.807, 2.05) is 12.1 Å². The molecule has 1 aromatic carbocycles. The van der Waals surface area contributed by atoms with Crippen molar-refractivity contribution < 1.29 is 4.79 Å². The number of nitrogens with one attached hydrogen (secondary N) is 1. The molecule has 1 saturated carbocycles. The van der Waals surface area contributed by atoms with E-state index >= 15 is 0 Å². The predicted octanol–water partition coefficient (Wildman–Crippen LogP) is 2.63. The van der Waals surface area contributed by atoms with Crippen LogP contribution in [0.3, 0.4) is 0 Å². The van der Waals surface area contributed by atoms with Crippen molar-refractivity contribution in [3.63, 3.8) is 0 Å². The first-order valence-electron chi connectivity index (χ1n) is 6.74. The topological polar surface area (TPSA) is 55.1 Å². The fourth-order valence-corrected chi connectivity index (χ4v) is 2.53.